The molecule has 1 nitrogen and oxygen atoms in total. The molecule has 0 bridgehead atoms. The molecule has 0 atom stereocenters. The van der Waals surface area contributed by atoms with Crippen molar-refractivity contribution in [3.8, 4) is 33.4 Å². The first-order valence-electron chi connectivity index (χ1n) is 18.0. The highest BCUT2D eigenvalue weighted by molar-refractivity contribution is 6.10. The van der Waals surface area contributed by atoms with Crippen LogP contribution in [0.2, 0.25) is 0 Å². The first-order valence-corrected chi connectivity index (χ1v) is 18.0. The Kier molecular flexibility index (Phi) is 7.22. The summed E-state index contributed by atoms with van der Waals surface area (Å²) in [6.45, 7) is 9.62. The molecule has 1 aliphatic carbocycles. The maximum Gasteiger partial charge on any atom is 0.0468 e. The minimum Gasteiger partial charge on any atom is -0.310 e. The summed E-state index contributed by atoms with van der Waals surface area (Å²) in [7, 11) is 0. The van der Waals surface area contributed by atoms with Gasteiger partial charge in [-0.15, -0.1) is 0 Å². The summed E-state index contributed by atoms with van der Waals surface area (Å²) in [5.74, 6) is 0. The average molecular weight is 656 g/mol. The zero-order valence-electron chi connectivity index (χ0n) is 29.7. The summed E-state index contributed by atoms with van der Waals surface area (Å²) in [4.78, 5) is 2.38. The Morgan fingerprint density at radius 2 is 0.804 bits per heavy atom. The monoisotopic (exact) mass is 655 g/mol. The van der Waals surface area contributed by atoms with E-state index in [0.717, 1.165) is 17.1 Å². The van der Waals surface area contributed by atoms with Gasteiger partial charge in [-0.1, -0.05) is 155 Å². The molecule has 1 heteroatoms. The Morgan fingerprint density at radius 1 is 0.333 bits per heavy atom. The fourth-order valence-corrected chi connectivity index (χ4v) is 8.23. The van der Waals surface area contributed by atoms with E-state index < -0.39 is 0 Å². The second kappa shape index (κ2) is 11.9. The SMILES string of the molecule is CC1(C)c2ccccc2-c2cc3c(ccc4cc(N(c5ccc(-c6ccccc6)cc5)c5ccc(-c6ccccc6)cc5)ccc43)cc2C1(C)C. The van der Waals surface area contributed by atoms with E-state index in [1.165, 1.54) is 66.1 Å². The molecule has 0 fully saturated rings. The zero-order chi connectivity index (χ0) is 34.7. The van der Waals surface area contributed by atoms with E-state index >= 15 is 0 Å². The van der Waals surface area contributed by atoms with Crippen LogP contribution in [0, 0.1) is 0 Å². The van der Waals surface area contributed by atoms with Gasteiger partial charge in [-0.25, -0.2) is 0 Å². The summed E-state index contributed by atoms with van der Waals surface area (Å²) in [5, 5.41) is 5.10. The topological polar surface area (TPSA) is 3.24 Å². The molecule has 8 aromatic rings. The number of hydrogen-bond acceptors (Lipinski definition) is 1. The van der Waals surface area contributed by atoms with E-state index in [1.54, 1.807) is 0 Å². The maximum atomic E-state index is 2.46. The Labute approximate surface area is 301 Å². The highest BCUT2D eigenvalue weighted by Gasteiger charge is 2.45. The summed E-state index contributed by atoms with van der Waals surface area (Å²) in [6, 6.07) is 64.6. The molecule has 1 aliphatic rings. The van der Waals surface area contributed by atoms with E-state index in [2.05, 4.69) is 209 Å². The lowest BCUT2D eigenvalue weighted by atomic mass is 9.55. The molecule has 0 amide bonds. The predicted octanol–water partition coefficient (Wildman–Crippen LogP) is 14.0. The maximum absolute atomic E-state index is 2.46. The predicted molar refractivity (Wildman–Crippen MR) is 218 cm³/mol. The summed E-state index contributed by atoms with van der Waals surface area (Å²) < 4.78 is 0. The zero-order valence-corrected chi connectivity index (χ0v) is 29.7. The van der Waals surface area contributed by atoms with Crippen LogP contribution in [0.15, 0.2) is 176 Å². The summed E-state index contributed by atoms with van der Waals surface area (Å²) >= 11 is 0. The van der Waals surface area contributed by atoms with Crippen LogP contribution in [0.4, 0.5) is 17.1 Å². The van der Waals surface area contributed by atoms with Crippen LogP contribution in [0.5, 0.6) is 0 Å². The van der Waals surface area contributed by atoms with Crippen molar-refractivity contribution < 1.29 is 0 Å². The Hall–Kier alpha value is -5.92. The lowest BCUT2D eigenvalue weighted by molar-refractivity contribution is 0.299. The molecule has 0 N–H and O–H groups in total. The molecule has 246 valence electrons. The molecule has 0 saturated carbocycles. The number of fused-ring (bicyclic) bond motifs is 6. The second-order valence-electron chi connectivity index (χ2n) is 15.0. The number of rotatable bonds is 5. The minimum atomic E-state index is -0.0175. The van der Waals surface area contributed by atoms with Gasteiger partial charge in [-0.2, -0.15) is 0 Å². The Balaban J connectivity index is 1.18. The van der Waals surface area contributed by atoms with Gasteiger partial charge in [-0.05, 0) is 125 Å². The number of hydrogen-bond donors (Lipinski definition) is 0. The number of nitrogens with zero attached hydrogens (tertiary/aromatic N) is 1. The number of anilines is 3. The van der Waals surface area contributed by atoms with Gasteiger partial charge in [0.05, 0.1) is 0 Å². The average Bonchev–Trinajstić information content (AvgIpc) is 3.18. The third-order valence-corrected chi connectivity index (χ3v) is 11.8. The second-order valence-corrected chi connectivity index (χ2v) is 15.0. The molecule has 51 heavy (non-hydrogen) atoms. The molecular formula is C50H41N. The van der Waals surface area contributed by atoms with Crippen molar-refractivity contribution in [2.24, 2.45) is 0 Å². The Morgan fingerprint density at radius 3 is 1.39 bits per heavy atom. The van der Waals surface area contributed by atoms with Crippen LogP contribution in [0.1, 0.15) is 38.8 Å². The van der Waals surface area contributed by atoms with E-state index in [-0.39, 0.29) is 10.8 Å². The molecule has 0 heterocycles. The molecule has 9 rings (SSSR count). The van der Waals surface area contributed by atoms with Crippen molar-refractivity contribution in [3.05, 3.63) is 187 Å². The van der Waals surface area contributed by atoms with Crippen LogP contribution in [-0.4, -0.2) is 0 Å². The van der Waals surface area contributed by atoms with Crippen LogP contribution in [0.25, 0.3) is 54.9 Å². The van der Waals surface area contributed by atoms with E-state index in [4.69, 9.17) is 0 Å². The molecule has 0 aliphatic heterocycles. The van der Waals surface area contributed by atoms with Crippen LogP contribution < -0.4 is 4.90 Å². The van der Waals surface area contributed by atoms with Gasteiger partial charge in [0, 0.05) is 17.1 Å². The van der Waals surface area contributed by atoms with Crippen molar-refractivity contribution in [3.63, 3.8) is 0 Å². The molecule has 8 aromatic carbocycles. The van der Waals surface area contributed by atoms with Gasteiger partial charge in [0.15, 0.2) is 0 Å². The lowest BCUT2D eigenvalue weighted by Crippen LogP contribution is -2.43. The van der Waals surface area contributed by atoms with E-state index in [9.17, 15) is 0 Å². The van der Waals surface area contributed by atoms with Crippen molar-refractivity contribution in [2.45, 2.75) is 38.5 Å². The van der Waals surface area contributed by atoms with E-state index in [1.807, 2.05) is 0 Å². The molecule has 0 unspecified atom stereocenters. The third-order valence-electron chi connectivity index (χ3n) is 11.8. The van der Waals surface area contributed by atoms with Gasteiger partial charge in [0.2, 0.25) is 0 Å². The van der Waals surface area contributed by atoms with Gasteiger partial charge in [0.1, 0.15) is 0 Å². The smallest absolute Gasteiger partial charge is 0.0468 e. The van der Waals surface area contributed by atoms with Gasteiger partial charge >= 0.3 is 0 Å². The fraction of sp³-hybridized carbons (Fsp3) is 0.120. The van der Waals surface area contributed by atoms with Crippen molar-refractivity contribution >= 4 is 38.6 Å². The van der Waals surface area contributed by atoms with Gasteiger partial charge < -0.3 is 4.90 Å². The first kappa shape index (κ1) is 31.1. The fourth-order valence-electron chi connectivity index (χ4n) is 8.23. The Bertz CT molecular complexity index is 2460. The molecular weight excluding hydrogens is 615 g/mol. The van der Waals surface area contributed by atoms with Crippen molar-refractivity contribution in [1.29, 1.82) is 0 Å². The van der Waals surface area contributed by atoms with Crippen LogP contribution >= 0.6 is 0 Å². The normalized spacial score (nSPS) is 14.2. The molecule has 0 radical (unpaired) electrons. The minimum absolute atomic E-state index is 0.0120. The van der Waals surface area contributed by atoms with Crippen LogP contribution in [-0.2, 0) is 10.8 Å². The first-order chi connectivity index (χ1) is 24.8. The standard InChI is InChI=1S/C50H41N/c1-49(2)47-18-12-11-17-44(47)46-33-45-39(32-48(46)50(49,3)4)20-19-38-31-42(29-30-43(38)45)51(40-25-21-36(22-26-40)34-13-7-5-8-14-34)41-27-23-37(24-28-41)35-15-9-6-10-16-35/h5-33H,1-4H3. The highest BCUT2D eigenvalue weighted by atomic mass is 15.1. The summed E-state index contributed by atoms with van der Waals surface area (Å²) in [5.41, 5.74) is 13.8. The highest BCUT2D eigenvalue weighted by Crippen LogP contribution is 2.54. The molecule has 0 spiro atoms. The molecule has 0 saturated heterocycles. The number of benzene rings is 8. The molecule has 0 aromatic heterocycles. The largest absolute Gasteiger partial charge is 0.310 e. The van der Waals surface area contributed by atoms with Crippen LogP contribution in [0.3, 0.4) is 0 Å². The lowest BCUT2D eigenvalue weighted by Gasteiger charge is -2.48. The van der Waals surface area contributed by atoms with Gasteiger partial charge in [0.25, 0.3) is 0 Å². The van der Waals surface area contributed by atoms with Crippen molar-refractivity contribution in [1.82, 2.24) is 0 Å². The third kappa shape index (κ3) is 5.07. The quantitative estimate of drug-likeness (QED) is 0.167. The van der Waals surface area contributed by atoms with Gasteiger partial charge in [-0.3, -0.25) is 0 Å². The summed E-state index contributed by atoms with van der Waals surface area (Å²) in [6.07, 6.45) is 0. The van der Waals surface area contributed by atoms with E-state index in [0.29, 0.717) is 0 Å². The van der Waals surface area contributed by atoms with Crippen molar-refractivity contribution in [2.75, 3.05) is 4.90 Å².